The first kappa shape index (κ1) is 13.0. The molecule has 3 nitrogen and oxygen atoms in total. The molecule has 102 valence electrons. The first-order valence-electron chi connectivity index (χ1n) is 6.79. The Kier molecular flexibility index (Phi) is 3.78. The van der Waals surface area contributed by atoms with Gasteiger partial charge in [-0.1, -0.05) is 24.6 Å². The van der Waals surface area contributed by atoms with Gasteiger partial charge in [0, 0.05) is 30.1 Å². The van der Waals surface area contributed by atoms with Gasteiger partial charge in [-0.25, -0.2) is 0 Å². The highest BCUT2D eigenvalue weighted by atomic mass is 35.5. The lowest BCUT2D eigenvalue weighted by atomic mass is 10.0. The summed E-state index contributed by atoms with van der Waals surface area (Å²) in [6, 6.07) is 8.27. The Morgan fingerprint density at radius 2 is 2.16 bits per heavy atom. The number of hydrogen-bond donors (Lipinski definition) is 2. The molecule has 1 saturated carbocycles. The standard InChI is InChI=1S/C15H18ClNO2/c16-15-12(11-5-1-2-7-14(11)19-15)8-17-13-6-3-4-10(13)9-18/h1-2,5,7,10,13,17-18H,3-4,6,8-9H2. The Morgan fingerprint density at radius 1 is 1.32 bits per heavy atom. The average molecular weight is 280 g/mol. The fourth-order valence-electron chi connectivity index (χ4n) is 2.99. The van der Waals surface area contributed by atoms with E-state index >= 15 is 0 Å². The van der Waals surface area contributed by atoms with Crippen LogP contribution in [0, 0.1) is 5.92 Å². The molecule has 0 bridgehead atoms. The summed E-state index contributed by atoms with van der Waals surface area (Å²) in [5.41, 5.74) is 1.84. The van der Waals surface area contributed by atoms with Crippen LogP contribution in [0.1, 0.15) is 24.8 Å². The van der Waals surface area contributed by atoms with Crippen LogP contribution in [0.2, 0.25) is 5.22 Å². The number of rotatable bonds is 4. The summed E-state index contributed by atoms with van der Waals surface area (Å²) < 4.78 is 5.54. The van der Waals surface area contributed by atoms with Gasteiger partial charge in [0.25, 0.3) is 0 Å². The van der Waals surface area contributed by atoms with Gasteiger partial charge in [-0.05, 0) is 36.4 Å². The molecular weight excluding hydrogens is 262 g/mol. The van der Waals surface area contributed by atoms with E-state index in [0.29, 0.717) is 23.7 Å². The zero-order valence-corrected chi connectivity index (χ0v) is 11.5. The lowest BCUT2D eigenvalue weighted by Crippen LogP contribution is -2.33. The molecular formula is C15H18ClNO2. The third kappa shape index (κ3) is 2.50. The number of nitrogens with one attached hydrogen (secondary N) is 1. The summed E-state index contributed by atoms with van der Waals surface area (Å²) in [5, 5.41) is 14.4. The number of para-hydroxylation sites is 1. The quantitative estimate of drug-likeness (QED) is 0.902. The summed E-state index contributed by atoms with van der Waals surface area (Å²) in [4.78, 5) is 0. The maximum atomic E-state index is 9.34. The number of fused-ring (bicyclic) bond motifs is 1. The molecule has 1 heterocycles. The molecule has 1 aliphatic rings. The van der Waals surface area contributed by atoms with Crippen molar-refractivity contribution in [1.29, 1.82) is 0 Å². The van der Waals surface area contributed by atoms with Crippen LogP contribution in [-0.4, -0.2) is 17.8 Å². The van der Waals surface area contributed by atoms with Crippen molar-refractivity contribution in [3.63, 3.8) is 0 Å². The molecule has 0 aliphatic heterocycles. The van der Waals surface area contributed by atoms with E-state index in [0.717, 1.165) is 29.4 Å². The smallest absolute Gasteiger partial charge is 0.199 e. The van der Waals surface area contributed by atoms with Gasteiger partial charge in [-0.2, -0.15) is 0 Å². The van der Waals surface area contributed by atoms with E-state index in [1.54, 1.807) is 0 Å². The summed E-state index contributed by atoms with van der Waals surface area (Å²) in [7, 11) is 0. The van der Waals surface area contributed by atoms with Crippen LogP contribution < -0.4 is 5.32 Å². The van der Waals surface area contributed by atoms with Gasteiger partial charge in [0.05, 0.1) is 0 Å². The predicted octanol–water partition coefficient (Wildman–Crippen LogP) is 3.34. The van der Waals surface area contributed by atoms with Crippen LogP contribution in [0.3, 0.4) is 0 Å². The summed E-state index contributed by atoms with van der Waals surface area (Å²) in [6.45, 7) is 0.953. The molecule has 1 aromatic carbocycles. The minimum absolute atomic E-state index is 0.261. The van der Waals surface area contributed by atoms with Crippen molar-refractivity contribution in [2.75, 3.05) is 6.61 Å². The molecule has 1 aromatic heterocycles. The molecule has 0 radical (unpaired) electrons. The Labute approximate surface area is 117 Å². The molecule has 3 rings (SSSR count). The third-order valence-corrected chi connectivity index (χ3v) is 4.39. The monoisotopic (exact) mass is 279 g/mol. The fraction of sp³-hybridized carbons (Fsp3) is 0.467. The van der Waals surface area contributed by atoms with Crippen molar-refractivity contribution < 1.29 is 9.52 Å². The second kappa shape index (κ2) is 5.53. The Balaban J connectivity index is 1.76. The van der Waals surface area contributed by atoms with E-state index in [-0.39, 0.29) is 6.61 Å². The lowest BCUT2D eigenvalue weighted by Gasteiger charge is -2.18. The number of benzene rings is 1. The van der Waals surface area contributed by atoms with Crippen molar-refractivity contribution in [3.8, 4) is 0 Å². The number of furan rings is 1. The maximum absolute atomic E-state index is 9.34. The van der Waals surface area contributed by atoms with E-state index in [1.165, 1.54) is 6.42 Å². The third-order valence-electron chi connectivity index (χ3n) is 4.08. The van der Waals surface area contributed by atoms with Gasteiger partial charge in [0.15, 0.2) is 5.22 Å². The van der Waals surface area contributed by atoms with E-state index in [1.807, 2.05) is 24.3 Å². The van der Waals surface area contributed by atoms with Crippen molar-refractivity contribution in [2.45, 2.75) is 31.8 Å². The maximum Gasteiger partial charge on any atom is 0.199 e. The summed E-state index contributed by atoms with van der Waals surface area (Å²) in [5.74, 6) is 0.372. The van der Waals surface area contributed by atoms with Gasteiger partial charge in [-0.15, -0.1) is 0 Å². The van der Waals surface area contributed by atoms with Crippen molar-refractivity contribution in [1.82, 2.24) is 5.32 Å². The number of hydrogen-bond acceptors (Lipinski definition) is 3. The number of aliphatic hydroxyl groups excluding tert-OH is 1. The molecule has 0 saturated heterocycles. The van der Waals surface area contributed by atoms with Crippen molar-refractivity contribution in [3.05, 3.63) is 35.0 Å². The van der Waals surface area contributed by atoms with Crippen LogP contribution >= 0.6 is 11.6 Å². The molecule has 19 heavy (non-hydrogen) atoms. The summed E-state index contributed by atoms with van der Waals surface area (Å²) >= 11 is 6.17. The zero-order valence-electron chi connectivity index (χ0n) is 10.7. The minimum Gasteiger partial charge on any atom is -0.444 e. The molecule has 1 fully saturated rings. The first-order valence-corrected chi connectivity index (χ1v) is 7.17. The van der Waals surface area contributed by atoms with Gasteiger partial charge >= 0.3 is 0 Å². The van der Waals surface area contributed by atoms with Crippen molar-refractivity contribution >= 4 is 22.6 Å². The van der Waals surface area contributed by atoms with Gasteiger partial charge in [0.1, 0.15) is 5.58 Å². The summed E-state index contributed by atoms with van der Waals surface area (Å²) in [6.07, 6.45) is 3.41. The molecule has 4 heteroatoms. The highest BCUT2D eigenvalue weighted by Gasteiger charge is 2.26. The molecule has 0 spiro atoms. The van der Waals surface area contributed by atoms with Crippen LogP contribution in [0.5, 0.6) is 0 Å². The molecule has 2 aromatic rings. The minimum atomic E-state index is 0.261. The Bertz CT molecular complexity index is 566. The van der Waals surface area contributed by atoms with E-state index in [4.69, 9.17) is 16.0 Å². The normalized spacial score (nSPS) is 23.3. The molecule has 0 amide bonds. The largest absolute Gasteiger partial charge is 0.444 e. The van der Waals surface area contributed by atoms with Crippen LogP contribution in [-0.2, 0) is 6.54 Å². The van der Waals surface area contributed by atoms with Gasteiger partial charge in [-0.3, -0.25) is 0 Å². The lowest BCUT2D eigenvalue weighted by molar-refractivity contribution is 0.205. The fourth-order valence-corrected chi connectivity index (χ4v) is 3.24. The van der Waals surface area contributed by atoms with Crippen LogP contribution in [0.4, 0.5) is 0 Å². The molecule has 2 N–H and O–H groups in total. The van der Waals surface area contributed by atoms with E-state index < -0.39 is 0 Å². The average Bonchev–Trinajstić information content (AvgIpc) is 2.99. The molecule has 2 atom stereocenters. The van der Waals surface area contributed by atoms with Gasteiger partial charge < -0.3 is 14.8 Å². The Hall–Kier alpha value is -1.03. The highest BCUT2D eigenvalue weighted by Crippen LogP contribution is 2.31. The van der Waals surface area contributed by atoms with Crippen molar-refractivity contribution in [2.24, 2.45) is 5.92 Å². The number of halogens is 1. The second-order valence-corrected chi connectivity index (χ2v) is 5.55. The molecule has 2 unspecified atom stereocenters. The topological polar surface area (TPSA) is 45.4 Å². The van der Waals surface area contributed by atoms with E-state index in [9.17, 15) is 5.11 Å². The second-order valence-electron chi connectivity index (χ2n) is 5.21. The zero-order chi connectivity index (χ0) is 13.2. The van der Waals surface area contributed by atoms with Gasteiger partial charge in [0.2, 0.25) is 0 Å². The molecule has 1 aliphatic carbocycles. The number of aliphatic hydroxyl groups is 1. The Morgan fingerprint density at radius 3 is 3.00 bits per heavy atom. The SMILES string of the molecule is OCC1CCCC1NCc1c(Cl)oc2ccccc12. The first-order chi connectivity index (χ1) is 9.29. The highest BCUT2D eigenvalue weighted by molar-refractivity contribution is 6.30. The van der Waals surface area contributed by atoms with E-state index in [2.05, 4.69) is 5.32 Å². The van der Waals surface area contributed by atoms with Crippen LogP contribution in [0.25, 0.3) is 11.0 Å². The predicted molar refractivity (Wildman–Crippen MR) is 76.3 cm³/mol. The van der Waals surface area contributed by atoms with Crippen LogP contribution in [0.15, 0.2) is 28.7 Å².